The highest BCUT2D eigenvalue weighted by molar-refractivity contribution is 5.92. The summed E-state index contributed by atoms with van der Waals surface area (Å²) in [6, 6.07) is 2.08. The minimum Gasteiger partial charge on any atom is -0.481 e. The van der Waals surface area contributed by atoms with Crippen molar-refractivity contribution >= 4 is 11.9 Å². The Balaban J connectivity index is 2.61. The number of hydrogen-bond acceptors (Lipinski definition) is 3. The van der Waals surface area contributed by atoms with Crippen molar-refractivity contribution in [3.8, 4) is 0 Å². The number of carboxylic acid groups (broad SMARTS) is 1. The lowest BCUT2D eigenvalue weighted by Gasteiger charge is -2.14. The summed E-state index contributed by atoms with van der Waals surface area (Å²) in [4.78, 5) is 22.3. The number of amides is 1. The van der Waals surface area contributed by atoms with Crippen molar-refractivity contribution in [1.29, 1.82) is 0 Å². The molecule has 0 fully saturated rings. The molecule has 1 rings (SSSR count). The van der Waals surface area contributed by atoms with Crippen LogP contribution in [0.2, 0.25) is 0 Å². The van der Waals surface area contributed by atoms with E-state index in [1.54, 1.807) is 6.07 Å². The van der Waals surface area contributed by atoms with Crippen LogP contribution in [-0.4, -0.2) is 33.3 Å². The van der Waals surface area contributed by atoms with Crippen molar-refractivity contribution in [2.75, 3.05) is 6.54 Å². The molecular weight excluding hydrogens is 258 g/mol. The van der Waals surface area contributed by atoms with Crippen molar-refractivity contribution in [2.24, 2.45) is 0 Å². The highest BCUT2D eigenvalue weighted by Crippen LogP contribution is 2.17. The lowest BCUT2D eigenvalue weighted by molar-refractivity contribution is -0.137. The standard InChI is InChI=1S/C14H23N3O3/c1-4-11(5-2)17-10(3)9-12(16-17)14(20)15-8-6-7-13(18)19/h9,11H,4-8H2,1-3H3,(H,15,20)(H,18,19). The number of carbonyl (C=O) groups excluding carboxylic acids is 1. The van der Waals surface area contributed by atoms with Crippen LogP contribution in [0.4, 0.5) is 0 Å². The fourth-order valence-electron chi connectivity index (χ4n) is 2.14. The maximum Gasteiger partial charge on any atom is 0.303 e. The van der Waals surface area contributed by atoms with Gasteiger partial charge in [0.1, 0.15) is 5.69 Å². The number of hydrogen-bond donors (Lipinski definition) is 2. The van der Waals surface area contributed by atoms with E-state index >= 15 is 0 Å². The third-order valence-corrected chi connectivity index (χ3v) is 3.30. The fraction of sp³-hybridized carbons (Fsp3) is 0.643. The van der Waals surface area contributed by atoms with E-state index in [0.29, 0.717) is 24.7 Å². The predicted octanol–water partition coefficient (Wildman–Crippen LogP) is 2.15. The normalized spacial score (nSPS) is 10.8. The Hall–Kier alpha value is -1.85. The van der Waals surface area contributed by atoms with Crippen LogP contribution in [-0.2, 0) is 4.79 Å². The molecule has 0 radical (unpaired) electrons. The molecule has 1 aromatic heterocycles. The Morgan fingerprint density at radius 2 is 2.05 bits per heavy atom. The van der Waals surface area contributed by atoms with Gasteiger partial charge in [-0.25, -0.2) is 0 Å². The van der Waals surface area contributed by atoms with Gasteiger partial charge in [-0.15, -0.1) is 0 Å². The first-order valence-corrected chi connectivity index (χ1v) is 7.05. The summed E-state index contributed by atoms with van der Waals surface area (Å²) in [7, 11) is 0. The maximum absolute atomic E-state index is 11.9. The number of rotatable bonds is 8. The summed E-state index contributed by atoms with van der Waals surface area (Å²) in [5.74, 6) is -1.10. The number of aryl methyl sites for hydroxylation is 1. The number of nitrogens with one attached hydrogen (secondary N) is 1. The molecule has 0 aromatic carbocycles. The molecule has 1 amide bonds. The number of carboxylic acids is 1. The first-order chi connectivity index (χ1) is 9.49. The zero-order valence-electron chi connectivity index (χ0n) is 12.3. The van der Waals surface area contributed by atoms with Gasteiger partial charge < -0.3 is 10.4 Å². The van der Waals surface area contributed by atoms with Gasteiger partial charge in [-0.05, 0) is 32.3 Å². The first kappa shape index (κ1) is 16.2. The lowest BCUT2D eigenvalue weighted by atomic mass is 10.2. The van der Waals surface area contributed by atoms with Gasteiger partial charge in [0.2, 0.25) is 0 Å². The number of aromatic nitrogens is 2. The average Bonchev–Trinajstić information content (AvgIpc) is 2.78. The smallest absolute Gasteiger partial charge is 0.303 e. The molecule has 0 saturated carbocycles. The Labute approximate surface area is 119 Å². The number of aliphatic carboxylic acids is 1. The predicted molar refractivity (Wildman–Crippen MR) is 75.8 cm³/mol. The maximum atomic E-state index is 11.9. The minimum atomic E-state index is -0.854. The monoisotopic (exact) mass is 281 g/mol. The topological polar surface area (TPSA) is 84.2 Å². The molecule has 0 saturated heterocycles. The summed E-state index contributed by atoms with van der Waals surface area (Å²) in [6.07, 6.45) is 2.42. The Kier molecular flexibility index (Phi) is 6.21. The van der Waals surface area contributed by atoms with Crippen LogP contribution >= 0.6 is 0 Å². The highest BCUT2D eigenvalue weighted by Gasteiger charge is 2.15. The highest BCUT2D eigenvalue weighted by atomic mass is 16.4. The van der Waals surface area contributed by atoms with Crippen molar-refractivity contribution in [1.82, 2.24) is 15.1 Å². The average molecular weight is 281 g/mol. The summed E-state index contributed by atoms with van der Waals surface area (Å²) >= 11 is 0. The first-order valence-electron chi connectivity index (χ1n) is 7.05. The molecule has 1 aromatic rings. The zero-order valence-corrected chi connectivity index (χ0v) is 12.3. The van der Waals surface area contributed by atoms with Gasteiger partial charge in [0.15, 0.2) is 0 Å². The molecule has 0 unspecified atom stereocenters. The minimum absolute atomic E-state index is 0.0570. The van der Waals surface area contributed by atoms with Crippen molar-refractivity contribution in [3.63, 3.8) is 0 Å². The summed E-state index contributed by atoms with van der Waals surface area (Å²) in [6.45, 7) is 6.48. The van der Waals surface area contributed by atoms with E-state index in [1.165, 1.54) is 0 Å². The van der Waals surface area contributed by atoms with E-state index in [9.17, 15) is 9.59 Å². The van der Waals surface area contributed by atoms with Crippen molar-refractivity contribution < 1.29 is 14.7 Å². The third-order valence-electron chi connectivity index (χ3n) is 3.30. The van der Waals surface area contributed by atoms with E-state index in [2.05, 4.69) is 24.3 Å². The van der Waals surface area contributed by atoms with Crippen LogP contribution in [0.5, 0.6) is 0 Å². The van der Waals surface area contributed by atoms with Crippen LogP contribution in [0.3, 0.4) is 0 Å². The Morgan fingerprint density at radius 3 is 2.60 bits per heavy atom. The number of nitrogens with zero attached hydrogens (tertiary/aromatic N) is 2. The molecule has 0 aliphatic heterocycles. The second-order valence-corrected chi connectivity index (χ2v) is 4.84. The van der Waals surface area contributed by atoms with E-state index in [0.717, 1.165) is 18.5 Å². The lowest BCUT2D eigenvalue weighted by Crippen LogP contribution is -2.25. The quantitative estimate of drug-likeness (QED) is 0.715. The molecule has 0 aliphatic rings. The SMILES string of the molecule is CCC(CC)n1nc(C(=O)NCCCC(=O)O)cc1C. The molecule has 2 N–H and O–H groups in total. The molecule has 20 heavy (non-hydrogen) atoms. The molecule has 112 valence electrons. The molecular formula is C14H23N3O3. The van der Waals surface area contributed by atoms with Crippen LogP contribution in [0.1, 0.15) is 61.8 Å². The second kappa shape index (κ2) is 7.67. The summed E-state index contributed by atoms with van der Waals surface area (Å²) < 4.78 is 1.90. The van der Waals surface area contributed by atoms with Gasteiger partial charge in [0.05, 0.1) is 6.04 Å². The van der Waals surface area contributed by atoms with E-state index < -0.39 is 5.97 Å². The van der Waals surface area contributed by atoms with Gasteiger partial charge in [0.25, 0.3) is 5.91 Å². The van der Waals surface area contributed by atoms with Gasteiger partial charge >= 0.3 is 5.97 Å². The molecule has 1 heterocycles. The third kappa shape index (κ3) is 4.36. The molecule has 0 aliphatic carbocycles. The van der Waals surface area contributed by atoms with Crippen LogP contribution in [0, 0.1) is 6.92 Å². The fourth-order valence-corrected chi connectivity index (χ4v) is 2.14. The van der Waals surface area contributed by atoms with Gasteiger partial charge in [-0.2, -0.15) is 5.10 Å². The van der Waals surface area contributed by atoms with E-state index in [4.69, 9.17) is 5.11 Å². The Bertz CT molecular complexity index is 464. The van der Waals surface area contributed by atoms with Gasteiger partial charge in [-0.1, -0.05) is 13.8 Å². The second-order valence-electron chi connectivity index (χ2n) is 4.84. The zero-order chi connectivity index (χ0) is 15.1. The molecule has 0 atom stereocenters. The van der Waals surface area contributed by atoms with Gasteiger partial charge in [-0.3, -0.25) is 14.3 Å². The summed E-state index contributed by atoms with van der Waals surface area (Å²) in [5, 5.41) is 15.6. The Morgan fingerprint density at radius 1 is 1.40 bits per heavy atom. The van der Waals surface area contributed by atoms with Crippen LogP contribution in [0.25, 0.3) is 0 Å². The largest absolute Gasteiger partial charge is 0.481 e. The summed E-state index contributed by atoms with van der Waals surface area (Å²) in [5.41, 5.74) is 1.36. The molecule has 6 nitrogen and oxygen atoms in total. The molecule has 0 bridgehead atoms. The van der Waals surface area contributed by atoms with Gasteiger partial charge in [0, 0.05) is 18.7 Å². The van der Waals surface area contributed by atoms with Crippen molar-refractivity contribution in [3.05, 3.63) is 17.5 Å². The van der Waals surface area contributed by atoms with Crippen LogP contribution < -0.4 is 5.32 Å². The number of carbonyl (C=O) groups is 2. The van der Waals surface area contributed by atoms with E-state index in [-0.39, 0.29) is 12.3 Å². The van der Waals surface area contributed by atoms with E-state index in [1.807, 2.05) is 11.6 Å². The van der Waals surface area contributed by atoms with Crippen molar-refractivity contribution in [2.45, 2.75) is 52.5 Å². The van der Waals surface area contributed by atoms with Crippen LogP contribution in [0.15, 0.2) is 6.07 Å². The molecule has 0 spiro atoms. The molecule has 6 heteroatoms.